The minimum atomic E-state index is 0.120. The van der Waals surface area contributed by atoms with E-state index in [-0.39, 0.29) is 5.41 Å². The number of anilines is 1. The molecule has 9 heteroatoms. The summed E-state index contributed by atoms with van der Waals surface area (Å²) in [5, 5.41) is 12.8. The van der Waals surface area contributed by atoms with Gasteiger partial charge in [0.15, 0.2) is 0 Å². The molecule has 1 aromatic carbocycles. The summed E-state index contributed by atoms with van der Waals surface area (Å²) in [5.74, 6) is 2.06. The van der Waals surface area contributed by atoms with Gasteiger partial charge in [0.25, 0.3) is 0 Å². The Morgan fingerprint density at radius 1 is 1.26 bits per heavy atom. The molecule has 0 radical (unpaired) electrons. The summed E-state index contributed by atoms with van der Waals surface area (Å²) >= 11 is 14.3. The number of nitrogens with one attached hydrogen (secondary N) is 1. The molecule has 4 aromatic rings. The van der Waals surface area contributed by atoms with E-state index in [1.54, 1.807) is 17.4 Å². The lowest BCUT2D eigenvalue weighted by molar-refractivity contribution is 0.545. The van der Waals surface area contributed by atoms with E-state index in [2.05, 4.69) is 36.9 Å². The van der Waals surface area contributed by atoms with Crippen LogP contribution in [0.5, 0.6) is 0 Å². The Kier molecular flexibility index (Phi) is 4.51. The fourth-order valence-electron chi connectivity index (χ4n) is 5.39. The molecule has 0 bridgehead atoms. The number of piperidine rings is 1. The first-order valence-electron chi connectivity index (χ1n) is 10.3. The van der Waals surface area contributed by atoms with Gasteiger partial charge in [0.05, 0.1) is 21.9 Å². The van der Waals surface area contributed by atoms with Gasteiger partial charge in [-0.1, -0.05) is 35.3 Å². The van der Waals surface area contributed by atoms with E-state index in [0.29, 0.717) is 39.6 Å². The van der Waals surface area contributed by atoms with Crippen molar-refractivity contribution in [1.82, 2.24) is 20.2 Å². The maximum atomic E-state index is 6.40. The maximum absolute atomic E-state index is 6.40. The third kappa shape index (κ3) is 2.84. The minimum Gasteiger partial charge on any atom is -0.355 e. The molecule has 3 atom stereocenters. The number of rotatable bonds is 4. The molecule has 3 N–H and O–H groups in total. The molecule has 31 heavy (non-hydrogen) atoms. The Morgan fingerprint density at radius 3 is 2.97 bits per heavy atom. The van der Waals surface area contributed by atoms with Crippen LogP contribution in [-0.4, -0.2) is 39.8 Å². The lowest BCUT2D eigenvalue weighted by atomic mass is 9.94. The first-order chi connectivity index (χ1) is 15.1. The maximum Gasteiger partial charge on any atom is 0.202 e. The summed E-state index contributed by atoms with van der Waals surface area (Å²) in [6, 6.07) is 7.74. The number of halogens is 2. The largest absolute Gasteiger partial charge is 0.355 e. The van der Waals surface area contributed by atoms with Crippen molar-refractivity contribution in [3.05, 3.63) is 56.8 Å². The second-order valence-corrected chi connectivity index (χ2v) is 9.87. The number of aromatic nitrogens is 4. The Labute approximate surface area is 193 Å². The van der Waals surface area contributed by atoms with Crippen LogP contribution in [-0.2, 0) is 5.41 Å². The van der Waals surface area contributed by atoms with Crippen LogP contribution in [0.4, 0.5) is 5.82 Å². The number of H-pyrrole nitrogens is 1. The summed E-state index contributed by atoms with van der Waals surface area (Å²) in [7, 11) is 0. The Bertz CT molecular complexity index is 1270. The Balaban J connectivity index is 1.30. The van der Waals surface area contributed by atoms with E-state index in [0.717, 1.165) is 36.6 Å². The van der Waals surface area contributed by atoms with Crippen LogP contribution in [0.2, 0.25) is 10.0 Å². The van der Waals surface area contributed by atoms with Gasteiger partial charge in [0, 0.05) is 30.6 Å². The molecule has 158 valence electrons. The van der Waals surface area contributed by atoms with Crippen LogP contribution in [0.15, 0.2) is 41.2 Å². The van der Waals surface area contributed by atoms with Gasteiger partial charge in [0.1, 0.15) is 11.3 Å². The van der Waals surface area contributed by atoms with Crippen molar-refractivity contribution in [3.63, 3.8) is 0 Å². The number of nitrogens with zero attached hydrogens (tertiary/aromatic N) is 4. The van der Waals surface area contributed by atoms with Gasteiger partial charge < -0.3 is 10.6 Å². The molecule has 0 unspecified atom stereocenters. The lowest BCUT2D eigenvalue weighted by Crippen LogP contribution is -2.32. The third-order valence-electron chi connectivity index (χ3n) is 7.02. The number of hydrogen-bond donors (Lipinski definition) is 2. The molecule has 0 spiro atoms. The SMILES string of the molecule is NC[C@]1(c2ccsc2)[C@@H]2CCN(c3cnc4c(-c5cccc(Cl)c5Cl)[nH]nc4n3)C[C@@H]21. The molecule has 2 aliphatic rings. The topological polar surface area (TPSA) is 83.7 Å². The Hall–Kier alpha value is -2.19. The predicted octanol–water partition coefficient (Wildman–Crippen LogP) is 4.74. The zero-order chi connectivity index (χ0) is 21.2. The highest BCUT2D eigenvalue weighted by Gasteiger charge is 2.65. The highest BCUT2D eigenvalue weighted by molar-refractivity contribution is 7.08. The highest BCUT2D eigenvalue weighted by atomic mass is 35.5. The van der Waals surface area contributed by atoms with Crippen LogP contribution in [0, 0.1) is 11.8 Å². The quantitative estimate of drug-likeness (QED) is 0.449. The van der Waals surface area contributed by atoms with Crippen LogP contribution in [0.1, 0.15) is 12.0 Å². The number of nitrogens with two attached hydrogens (primary N) is 1. The summed E-state index contributed by atoms with van der Waals surface area (Å²) in [4.78, 5) is 11.8. The van der Waals surface area contributed by atoms with Gasteiger partial charge in [-0.15, -0.1) is 0 Å². The number of benzene rings is 1. The van der Waals surface area contributed by atoms with E-state index < -0.39 is 0 Å². The monoisotopic (exact) mass is 470 g/mol. The second kappa shape index (κ2) is 7.17. The van der Waals surface area contributed by atoms with Crippen molar-refractivity contribution in [2.75, 3.05) is 24.5 Å². The zero-order valence-corrected chi connectivity index (χ0v) is 18.9. The predicted molar refractivity (Wildman–Crippen MR) is 126 cm³/mol. The van der Waals surface area contributed by atoms with Crippen molar-refractivity contribution >= 4 is 51.5 Å². The number of thiophene rings is 1. The molecule has 2 fully saturated rings. The molecule has 3 aromatic heterocycles. The molecular formula is C22H20Cl2N6S. The van der Waals surface area contributed by atoms with Crippen molar-refractivity contribution in [2.45, 2.75) is 11.8 Å². The van der Waals surface area contributed by atoms with E-state index in [9.17, 15) is 0 Å². The lowest BCUT2D eigenvalue weighted by Gasteiger charge is -2.26. The molecule has 4 heterocycles. The average Bonchev–Trinajstić information content (AvgIpc) is 3.15. The number of fused-ring (bicyclic) bond motifs is 2. The second-order valence-electron chi connectivity index (χ2n) is 8.30. The first kappa shape index (κ1) is 19.5. The van der Waals surface area contributed by atoms with E-state index in [1.807, 2.05) is 18.3 Å². The van der Waals surface area contributed by atoms with Gasteiger partial charge in [-0.25, -0.2) is 9.97 Å². The normalized spacial score (nSPS) is 25.1. The van der Waals surface area contributed by atoms with Crippen molar-refractivity contribution in [2.24, 2.45) is 17.6 Å². The van der Waals surface area contributed by atoms with Gasteiger partial charge in [-0.3, -0.25) is 5.10 Å². The molecule has 1 saturated heterocycles. The molecule has 1 aliphatic carbocycles. The van der Waals surface area contributed by atoms with E-state index >= 15 is 0 Å². The summed E-state index contributed by atoms with van der Waals surface area (Å²) in [6.45, 7) is 2.58. The molecule has 6 nitrogen and oxygen atoms in total. The van der Waals surface area contributed by atoms with Gasteiger partial charge in [-0.2, -0.15) is 16.4 Å². The Morgan fingerprint density at radius 2 is 2.16 bits per heavy atom. The fraction of sp³-hybridized carbons (Fsp3) is 0.318. The highest BCUT2D eigenvalue weighted by Crippen LogP contribution is 2.63. The smallest absolute Gasteiger partial charge is 0.202 e. The molecule has 0 amide bonds. The molecule has 6 rings (SSSR count). The van der Waals surface area contributed by atoms with Crippen LogP contribution >= 0.6 is 34.5 Å². The van der Waals surface area contributed by atoms with Gasteiger partial charge >= 0.3 is 0 Å². The zero-order valence-electron chi connectivity index (χ0n) is 16.6. The van der Waals surface area contributed by atoms with Gasteiger partial charge in [0.2, 0.25) is 5.65 Å². The van der Waals surface area contributed by atoms with Crippen LogP contribution in [0.3, 0.4) is 0 Å². The molecule has 1 saturated carbocycles. The fourth-order valence-corrected chi connectivity index (χ4v) is 6.53. The van der Waals surface area contributed by atoms with Crippen molar-refractivity contribution in [3.8, 4) is 11.3 Å². The van der Waals surface area contributed by atoms with E-state index in [1.165, 1.54) is 5.56 Å². The molecule has 1 aliphatic heterocycles. The van der Waals surface area contributed by atoms with Crippen molar-refractivity contribution in [1.29, 1.82) is 0 Å². The minimum absolute atomic E-state index is 0.120. The van der Waals surface area contributed by atoms with E-state index in [4.69, 9.17) is 33.9 Å². The van der Waals surface area contributed by atoms with Crippen molar-refractivity contribution < 1.29 is 0 Å². The summed E-state index contributed by atoms with van der Waals surface area (Å²) in [6.07, 6.45) is 2.94. The molecular weight excluding hydrogens is 451 g/mol. The number of aromatic amines is 1. The summed E-state index contributed by atoms with van der Waals surface area (Å²) in [5.41, 5.74) is 10.5. The number of hydrogen-bond acceptors (Lipinski definition) is 6. The van der Waals surface area contributed by atoms with Crippen LogP contribution < -0.4 is 10.6 Å². The standard InChI is InChI=1S/C22H20Cl2N6S/c23-16-3-1-2-13(18(16)24)19-20-21(29-28-19)27-17(8-26-20)30-6-4-14-15(9-30)22(14,11-25)12-5-7-31-10-12/h1-3,5,7-8,10,14-15H,4,6,9,11,25H2,(H,27,28,29)/t14-,15+,22+/m1/s1. The third-order valence-corrected chi connectivity index (χ3v) is 8.52. The van der Waals surface area contributed by atoms with Gasteiger partial charge in [-0.05, 0) is 46.7 Å². The summed E-state index contributed by atoms with van der Waals surface area (Å²) < 4.78 is 0. The first-order valence-corrected chi connectivity index (χ1v) is 12.0. The van der Waals surface area contributed by atoms with Crippen LogP contribution in [0.25, 0.3) is 22.4 Å². The average molecular weight is 471 g/mol.